The van der Waals surface area contributed by atoms with Crippen molar-refractivity contribution in [2.75, 3.05) is 12.3 Å². The Kier molecular flexibility index (Phi) is 10.1. The van der Waals surface area contributed by atoms with Crippen LogP contribution in [-0.2, 0) is 29.7 Å². The molecule has 1 aliphatic rings. The molecule has 3 aromatic rings. The molecule has 6 atom stereocenters. The Hall–Kier alpha value is -0.460. The molecular weight excluding hydrogens is 534 g/mol. The number of aryl methyl sites for hydroxylation is 1. The molecule has 1 saturated heterocycles. The van der Waals surface area contributed by atoms with Gasteiger partial charge in [0.15, 0.2) is 6.33 Å². The number of nitrogen functional groups attached to an aromatic ring is 1. The van der Waals surface area contributed by atoms with E-state index in [1.54, 1.807) is 0 Å². The van der Waals surface area contributed by atoms with Crippen LogP contribution in [0.4, 0.5) is 5.95 Å². The number of nitrogens with zero attached hydrogens (tertiary/aromatic N) is 5. The topological polar surface area (TPSA) is 247 Å². The van der Waals surface area contributed by atoms with Gasteiger partial charge in [0.05, 0.1) is 13.7 Å². The number of phosphoric acid groups is 1. The molecule has 35 heavy (non-hydrogen) atoms. The molecule has 1 fully saturated rings. The number of ether oxygens (including phenoxy) is 1. The number of nitrogens with one attached hydrogen (secondary N) is 1. The summed E-state index contributed by atoms with van der Waals surface area (Å²) >= 11 is 0. The van der Waals surface area contributed by atoms with E-state index < -0.39 is 52.3 Å². The molecule has 3 aromatic heterocycles. The van der Waals surface area contributed by atoms with E-state index in [1.807, 2.05) is 0 Å². The molecule has 0 bridgehead atoms. The van der Waals surface area contributed by atoms with Gasteiger partial charge < -0.3 is 35.0 Å². The number of nitrogens with two attached hydrogens (primary N) is 1. The number of hydrogen-bond donors (Lipinski definition) is 4. The van der Waals surface area contributed by atoms with Gasteiger partial charge in [-0.1, -0.05) is 4.98 Å². The maximum atomic E-state index is 12.2. The first kappa shape index (κ1) is 30.8. The van der Waals surface area contributed by atoms with Crippen molar-refractivity contribution < 1.29 is 106 Å². The van der Waals surface area contributed by atoms with Crippen LogP contribution >= 0.6 is 15.6 Å². The van der Waals surface area contributed by atoms with Gasteiger partial charge in [0, 0.05) is 12.4 Å². The Morgan fingerprint density at radius 3 is 2.63 bits per heavy atom. The van der Waals surface area contributed by atoms with Crippen LogP contribution in [0.2, 0.25) is 0 Å². The van der Waals surface area contributed by atoms with Crippen LogP contribution in [-0.4, -0.2) is 59.0 Å². The summed E-state index contributed by atoms with van der Waals surface area (Å²) in [6.07, 6.45) is -1.76. The van der Waals surface area contributed by atoms with E-state index in [1.165, 1.54) is 22.5 Å². The summed E-state index contributed by atoms with van der Waals surface area (Å²) in [7, 11) is -9.01. The van der Waals surface area contributed by atoms with Crippen LogP contribution in [0.5, 0.6) is 0 Å². The van der Waals surface area contributed by atoms with E-state index in [9.17, 15) is 33.9 Å². The third kappa shape index (κ3) is 6.34. The molecule has 0 amide bonds. The maximum Gasteiger partial charge on any atom is 1.00 e. The maximum absolute atomic E-state index is 12.2. The number of H-pyrrole nitrogens is 1. The molecule has 0 aromatic carbocycles. The summed E-state index contributed by atoms with van der Waals surface area (Å²) < 4.78 is 41.2. The molecule has 0 saturated carbocycles. The number of hydrogen-bond acceptors (Lipinski definition) is 13. The van der Waals surface area contributed by atoms with Gasteiger partial charge in [-0.25, -0.2) is 9.55 Å². The third-order valence-electron chi connectivity index (χ3n) is 4.77. The second kappa shape index (κ2) is 11.5. The van der Waals surface area contributed by atoms with Crippen molar-refractivity contribution in [1.82, 2.24) is 23.9 Å². The minimum atomic E-state index is -5.43. The first-order valence-corrected chi connectivity index (χ1v) is 12.1. The van der Waals surface area contributed by atoms with Gasteiger partial charge in [-0.05, 0) is 0 Å². The Balaban J connectivity index is 0.00000216. The summed E-state index contributed by atoms with van der Waals surface area (Å²) in [5.74, 6) is -0.204. The van der Waals surface area contributed by atoms with E-state index in [-0.39, 0.29) is 76.2 Å². The smallest absolute Gasteiger partial charge is 0.761 e. The van der Waals surface area contributed by atoms with Crippen LogP contribution in [0.3, 0.4) is 0 Å². The van der Waals surface area contributed by atoms with Crippen LogP contribution in [0, 0.1) is 0 Å². The van der Waals surface area contributed by atoms with Crippen LogP contribution in [0.1, 0.15) is 6.23 Å². The van der Waals surface area contributed by atoms with E-state index in [4.69, 9.17) is 10.5 Å². The summed E-state index contributed by atoms with van der Waals surface area (Å²) in [5, 5.41) is 20.7. The number of rotatable bonds is 7. The number of phosphoric ester groups is 1. The van der Waals surface area contributed by atoms with Crippen molar-refractivity contribution in [3.8, 4) is 0 Å². The summed E-state index contributed by atoms with van der Waals surface area (Å²) in [6, 6.07) is 0. The van der Waals surface area contributed by atoms with Crippen molar-refractivity contribution in [2.45, 2.75) is 24.5 Å². The van der Waals surface area contributed by atoms with Crippen molar-refractivity contribution in [3.05, 3.63) is 35.4 Å². The van der Waals surface area contributed by atoms with Gasteiger partial charge in [0.2, 0.25) is 19.5 Å². The van der Waals surface area contributed by atoms with E-state index in [0.29, 0.717) is 4.34 Å². The normalized spacial score (nSPS) is 25.4. The number of aromatic amines is 1. The number of aliphatic hydroxyl groups excluding tert-OH is 2. The van der Waals surface area contributed by atoms with Crippen molar-refractivity contribution >= 4 is 32.7 Å². The standard InChI is InChI=1S/C14H19N7O10P2.2Na/c1-19-6-21(11-8(19)12(24)18-14(15)17-11)13-10(23)9(22)7(30-13)4-29-33(27,28)31-32(25,26)20-3-2-16-5-20;;/h2-3,5-7,9-10,13,22-23H,4H2,1H3,(H4-,15,17,18,24,25,26,27,28);;/q;2*+1/p-1/t7-,9?,10+,13-;;/m1../s1. The predicted molar refractivity (Wildman–Crippen MR) is 102 cm³/mol. The van der Waals surface area contributed by atoms with Gasteiger partial charge >= 0.3 is 64.8 Å². The molecule has 1 aliphatic heterocycles. The molecule has 21 heteroatoms. The fraction of sp³-hybridized carbons (Fsp3) is 0.429. The summed E-state index contributed by atoms with van der Waals surface area (Å²) in [6.45, 7) is -0.888. The van der Waals surface area contributed by atoms with E-state index >= 15 is 0 Å². The monoisotopic (exact) mass is 552 g/mol. The molecule has 17 nitrogen and oxygen atoms in total. The molecule has 5 N–H and O–H groups in total. The fourth-order valence-corrected chi connectivity index (χ4v) is 5.58. The average Bonchev–Trinajstić information content (AvgIpc) is 3.41. The zero-order valence-corrected chi connectivity index (χ0v) is 24.5. The largest absolute Gasteiger partial charge is 1.00 e. The average molecular weight is 552 g/mol. The van der Waals surface area contributed by atoms with Gasteiger partial charge in [0.25, 0.3) is 19.3 Å². The number of fused-ring (bicyclic) bond motifs is 1. The predicted octanol–water partition coefficient (Wildman–Crippen LogP) is -9.53. The van der Waals surface area contributed by atoms with Gasteiger partial charge in [-0.2, -0.15) is 0 Å². The zero-order valence-electron chi connectivity index (χ0n) is 18.7. The Bertz CT molecular complexity index is 1330. The van der Waals surface area contributed by atoms with Gasteiger partial charge in [0.1, 0.15) is 24.6 Å². The SMILES string of the molecule is Cn1c[n+]([C@@H]2O[C@H](COP(=O)([O-])OP(=O)([O-])n3ccnc3)C(O)[C@@H]2O)c2nc(N)[nH]c(=O)c21.[Na+].[Na+]. The quantitative estimate of drug-likeness (QED) is 0.121. The van der Waals surface area contributed by atoms with Crippen molar-refractivity contribution in [1.29, 1.82) is 0 Å². The van der Waals surface area contributed by atoms with Crippen LogP contribution < -0.4 is 84.8 Å². The van der Waals surface area contributed by atoms with Crippen molar-refractivity contribution in [2.24, 2.45) is 7.05 Å². The molecule has 0 radical (unpaired) electrons. The molecule has 4 rings (SSSR count). The number of aromatic nitrogens is 6. The van der Waals surface area contributed by atoms with E-state index in [2.05, 4.69) is 23.8 Å². The van der Waals surface area contributed by atoms with E-state index in [0.717, 1.165) is 18.7 Å². The Morgan fingerprint density at radius 2 is 2.00 bits per heavy atom. The Labute approximate surface area is 240 Å². The first-order chi connectivity index (χ1) is 15.4. The molecule has 3 unspecified atom stereocenters. The second-order valence-corrected chi connectivity index (χ2v) is 10.2. The number of imidazole rings is 2. The zero-order chi connectivity index (χ0) is 24.1. The van der Waals surface area contributed by atoms with Crippen LogP contribution in [0.15, 0.2) is 29.8 Å². The van der Waals surface area contributed by atoms with Gasteiger partial charge in [-0.3, -0.25) is 32.1 Å². The second-order valence-electron chi connectivity index (χ2n) is 7.04. The molecule has 0 spiro atoms. The molecule has 180 valence electrons. The third-order valence-corrected chi connectivity index (χ3v) is 7.67. The first-order valence-electron chi connectivity index (χ1n) is 9.14. The molecule has 0 aliphatic carbocycles. The molecular formula is C14H18N7Na2O10P2+. The Morgan fingerprint density at radius 1 is 1.31 bits per heavy atom. The van der Waals surface area contributed by atoms with Gasteiger partial charge in [-0.15, -0.1) is 0 Å². The van der Waals surface area contributed by atoms with Crippen molar-refractivity contribution in [3.63, 3.8) is 0 Å². The number of anilines is 1. The minimum Gasteiger partial charge on any atom is -0.761 e. The fourth-order valence-electron chi connectivity index (χ4n) is 3.31. The number of aliphatic hydroxyl groups is 2. The summed E-state index contributed by atoms with van der Waals surface area (Å²) in [5.41, 5.74) is 5.14. The minimum absolute atomic E-state index is 0. The van der Waals surface area contributed by atoms with Crippen LogP contribution in [0.25, 0.3) is 11.2 Å². The molecule has 4 heterocycles. The summed E-state index contributed by atoms with van der Waals surface area (Å²) in [4.78, 5) is 45.9.